The van der Waals surface area contributed by atoms with Crippen molar-refractivity contribution in [2.24, 2.45) is 0 Å². The number of carbonyl (C=O) groups is 1. The van der Waals surface area contributed by atoms with Gasteiger partial charge in [-0.1, -0.05) is 0 Å². The molecule has 0 atom stereocenters. The van der Waals surface area contributed by atoms with Crippen LogP contribution in [0.4, 0.5) is 0 Å². The predicted molar refractivity (Wildman–Crippen MR) is 74.5 cm³/mol. The molecule has 0 saturated heterocycles. The van der Waals surface area contributed by atoms with Gasteiger partial charge in [0.05, 0.1) is 17.4 Å². The molecule has 0 aromatic carbocycles. The summed E-state index contributed by atoms with van der Waals surface area (Å²) >= 11 is 0. The van der Waals surface area contributed by atoms with Crippen LogP contribution in [0, 0.1) is 6.92 Å². The number of nitrogens with zero attached hydrogens (tertiary/aromatic N) is 3. The molecule has 2 heterocycles. The topological polar surface area (TPSA) is 56.5 Å². The lowest BCUT2D eigenvalue weighted by Gasteiger charge is -2.27. The second kappa shape index (κ2) is 5.23. The van der Waals surface area contributed by atoms with Crippen LogP contribution in [0.1, 0.15) is 50.0 Å². The Morgan fingerprint density at radius 3 is 2.75 bits per heavy atom. The van der Waals surface area contributed by atoms with Gasteiger partial charge in [-0.2, -0.15) is 0 Å². The summed E-state index contributed by atoms with van der Waals surface area (Å²) in [6.45, 7) is 3.47. The Hall–Kier alpha value is -1.91. The minimum absolute atomic E-state index is 0.0818. The molecule has 0 N–H and O–H groups in total. The summed E-state index contributed by atoms with van der Waals surface area (Å²) < 4.78 is 7.43. The van der Waals surface area contributed by atoms with E-state index in [1.165, 1.54) is 6.92 Å². The molecule has 2 aromatic heterocycles. The van der Waals surface area contributed by atoms with Gasteiger partial charge in [-0.3, -0.25) is 9.78 Å². The van der Waals surface area contributed by atoms with Crippen LogP contribution in [0.5, 0.6) is 0 Å². The third-order valence-corrected chi connectivity index (χ3v) is 4.05. The van der Waals surface area contributed by atoms with Gasteiger partial charge in [-0.05, 0) is 32.6 Å². The van der Waals surface area contributed by atoms with E-state index in [-0.39, 0.29) is 12.1 Å². The molecule has 1 aliphatic rings. The van der Waals surface area contributed by atoms with Gasteiger partial charge in [0.1, 0.15) is 11.9 Å². The number of esters is 1. The molecule has 106 valence electrons. The smallest absolute Gasteiger partial charge is 0.302 e. The Kier molecular flexibility index (Phi) is 3.42. The molecule has 5 nitrogen and oxygen atoms in total. The van der Waals surface area contributed by atoms with Crippen molar-refractivity contribution in [2.45, 2.75) is 51.6 Å². The molecule has 1 fully saturated rings. The van der Waals surface area contributed by atoms with Crippen LogP contribution < -0.4 is 0 Å². The van der Waals surface area contributed by atoms with Crippen molar-refractivity contribution >= 4 is 11.5 Å². The number of imidazole rings is 1. The molecule has 0 radical (unpaired) electrons. The number of carbonyl (C=O) groups excluding carboxylic acids is 1. The van der Waals surface area contributed by atoms with Crippen molar-refractivity contribution in [3.8, 4) is 0 Å². The summed E-state index contributed by atoms with van der Waals surface area (Å²) in [6.07, 6.45) is 9.64. The fourth-order valence-electron chi connectivity index (χ4n) is 3.05. The summed E-state index contributed by atoms with van der Waals surface area (Å²) in [6, 6.07) is 0. The van der Waals surface area contributed by atoms with E-state index >= 15 is 0 Å². The van der Waals surface area contributed by atoms with E-state index in [9.17, 15) is 4.79 Å². The lowest BCUT2D eigenvalue weighted by atomic mass is 9.87. The van der Waals surface area contributed by atoms with Gasteiger partial charge in [0.25, 0.3) is 0 Å². The van der Waals surface area contributed by atoms with Crippen LogP contribution in [0.2, 0.25) is 0 Å². The van der Waals surface area contributed by atoms with Gasteiger partial charge >= 0.3 is 5.97 Å². The molecule has 0 amide bonds. The second-order valence-electron chi connectivity index (χ2n) is 5.47. The third-order valence-electron chi connectivity index (χ3n) is 4.05. The lowest BCUT2D eigenvalue weighted by Crippen LogP contribution is -2.23. The molecule has 0 aliphatic heterocycles. The second-order valence-corrected chi connectivity index (χ2v) is 5.47. The zero-order valence-electron chi connectivity index (χ0n) is 11.9. The Balaban J connectivity index is 1.77. The van der Waals surface area contributed by atoms with Crippen molar-refractivity contribution < 1.29 is 9.53 Å². The number of hydrogen-bond acceptors (Lipinski definition) is 4. The summed E-state index contributed by atoms with van der Waals surface area (Å²) in [5.74, 6) is 1.36. The fraction of sp³-hybridized carbons (Fsp3) is 0.533. The monoisotopic (exact) mass is 273 g/mol. The Labute approximate surface area is 118 Å². The first-order chi connectivity index (χ1) is 9.65. The van der Waals surface area contributed by atoms with Crippen molar-refractivity contribution in [3.05, 3.63) is 30.1 Å². The highest BCUT2D eigenvalue weighted by atomic mass is 16.5. The van der Waals surface area contributed by atoms with E-state index in [4.69, 9.17) is 4.74 Å². The van der Waals surface area contributed by atoms with Crippen molar-refractivity contribution in [2.75, 3.05) is 0 Å². The Morgan fingerprint density at radius 1 is 1.30 bits per heavy atom. The number of hydrogen-bond donors (Lipinski definition) is 0. The number of ether oxygens (including phenoxy) is 1. The number of aromatic nitrogens is 3. The van der Waals surface area contributed by atoms with Gasteiger partial charge < -0.3 is 9.14 Å². The average molecular weight is 273 g/mol. The molecule has 3 rings (SSSR count). The minimum atomic E-state index is -0.179. The number of aryl methyl sites for hydroxylation is 1. The fourth-order valence-corrected chi connectivity index (χ4v) is 3.05. The zero-order valence-corrected chi connectivity index (χ0v) is 11.9. The molecule has 1 aliphatic carbocycles. The highest BCUT2D eigenvalue weighted by molar-refractivity contribution is 5.66. The molecular formula is C15H19N3O2. The van der Waals surface area contributed by atoms with Crippen LogP contribution in [0.15, 0.2) is 18.6 Å². The SMILES string of the molecule is CC(=O)O[C@H]1CC[C@@H](c2ncc3c(C)nccn32)CC1. The summed E-state index contributed by atoms with van der Waals surface area (Å²) in [7, 11) is 0. The standard InChI is InChI=1S/C15H19N3O2/c1-10-14-9-17-15(18(14)8-7-16-10)12-3-5-13(6-4-12)20-11(2)19/h7-9,12-13H,3-6H2,1-2H3/t12-,13+. The van der Waals surface area contributed by atoms with Crippen molar-refractivity contribution in [1.82, 2.24) is 14.4 Å². The van der Waals surface area contributed by atoms with E-state index in [1.807, 2.05) is 25.5 Å². The van der Waals surface area contributed by atoms with Crippen LogP contribution in [-0.2, 0) is 9.53 Å². The highest BCUT2D eigenvalue weighted by Gasteiger charge is 2.26. The van der Waals surface area contributed by atoms with Crippen LogP contribution >= 0.6 is 0 Å². The average Bonchev–Trinajstić information content (AvgIpc) is 2.84. The molecule has 0 spiro atoms. The van der Waals surface area contributed by atoms with Gasteiger partial charge in [0, 0.05) is 25.2 Å². The number of fused-ring (bicyclic) bond motifs is 1. The summed E-state index contributed by atoms with van der Waals surface area (Å²) in [5.41, 5.74) is 2.07. The van der Waals surface area contributed by atoms with E-state index in [0.29, 0.717) is 5.92 Å². The zero-order chi connectivity index (χ0) is 14.1. The number of rotatable bonds is 2. The van der Waals surface area contributed by atoms with Gasteiger partial charge in [0.2, 0.25) is 0 Å². The maximum absolute atomic E-state index is 11.0. The molecular weight excluding hydrogens is 254 g/mol. The largest absolute Gasteiger partial charge is 0.463 e. The summed E-state index contributed by atoms with van der Waals surface area (Å²) in [5, 5.41) is 0. The molecule has 2 aromatic rings. The Morgan fingerprint density at radius 2 is 2.05 bits per heavy atom. The maximum atomic E-state index is 11.0. The van der Waals surface area contributed by atoms with E-state index < -0.39 is 0 Å². The normalized spacial score (nSPS) is 22.9. The van der Waals surface area contributed by atoms with Gasteiger partial charge in [-0.15, -0.1) is 0 Å². The molecule has 0 bridgehead atoms. The van der Waals surface area contributed by atoms with Crippen molar-refractivity contribution in [1.29, 1.82) is 0 Å². The van der Waals surface area contributed by atoms with E-state index in [1.54, 1.807) is 0 Å². The third kappa shape index (κ3) is 2.40. The minimum Gasteiger partial charge on any atom is -0.463 e. The lowest BCUT2D eigenvalue weighted by molar-refractivity contribution is -0.147. The van der Waals surface area contributed by atoms with Gasteiger partial charge in [0.15, 0.2) is 0 Å². The molecule has 5 heteroatoms. The molecule has 20 heavy (non-hydrogen) atoms. The quantitative estimate of drug-likeness (QED) is 0.789. The van der Waals surface area contributed by atoms with Crippen LogP contribution in [0.25, 0.3) is 5.52 Å². The van der Waals surface area contributed by atoms with Crippen molar-refractivity contribution in [3.63, 3.8) is 0 Å². The maximum Gasteiger partial charge on any atom is 0.302 e. The van der Waals surface area contributed by atoms with E-state index in [0.717, 1.165) is 42.7 Å². The molecule has 1 saturated carbocycles. The first-order valence-corrected chi connectivity index (χ1v) is 7.11. The first-order valence-electron chi connectivity index (χ1n) is 7.11. The molecule has 0 unspecified atom stereocenters. The first kappa shape index (κ1) is 13.1. The Bertz CT molecular complexity index is 627. The summed E-state index contributed by atoms with van der Waals surface area (Å²) in [4.78, 5) is 19.9. The van der Waals surface area contributed by atoms with E-state index in [2.05, 4.69) is 14.4 Å². The van der Waals surface area contributed by atoms with Gasteiger partial charge in [-0.25, -0.2) is 4.98 Å². The highest BCUT2D eigenvalue weighted by Crippen LogP contribution is 2.33. The van der Waals surface area contributed by atoms with Crippen LogP contribution in [-0.4, -0.2) is 26.4 Å². The van der Waals surface area contributed by atoms with Crippen LogP contribution in [0.3, 0.4) is 0 Å². The predicted octanol–water partition coefficient (Wildman–Crippen LogP) is 2.63.